The highest BCUT2D eigenvalue weighted by atomic mass is 32.2. The average Bonchev–Trinajstić information content (AvgIpc) is 2.66. The van der Waals surface area contributed by atoms with E-state index in [1.165, 1.54) is 11.1 Å². The number of hydrogen-bond acceptors (Lipinski definition) is 3. The predicted octanol–water partition coefficient (Wildman–Crippen LogP) is 7.09. The predicted molar refractivity (Wildman–Crippen MR) is 125 cm³/mol. The van der Waals surface area contributed by atoms with Gasteiger partial charge in [0, 0.05) is 17.4 Å². The third-order valence-electron chi connectivity index (χ3n) is 5.37. The fraction of sp³-hybridized carbons (Fsp3) is 0.478. The van der Waals surface area contributed by atoms with Gasteiger partial charge in [-0.15, -0.1) is 0 Å². The minimum absolute atomic E-state index is 0.0622. The van der Waals surface area contributed by atoms with E-state index in [0.717, 1.165) is 34.3 Å². The number of hydrogen-bond donors (Lipinski definition) is 1. The van der Waals surface area contributed by atoms with Gasteiger partial charge in [0.2, 0.25) is 0 Å². The molecule has 1 heterocycles. The van der Waals surface area contributed by atoms with Crippen LogP contribution in [-0.2, 0) is 16.6 Å². The summed E-state index contributed by atoms with van der Waals surface area (Å²) in [5.74, 6) is 0.866. The molecule has 27 heavy (non-hydrogen) atoms. The van der Waals surface area contributed by atoms with Crippen LogP contribution in [0.2, 0.25) is 0 Å². The SMILES string of the molecule is CCC(C)(CC)c1ncccc1NC(=S)SCc1ccc(C(C)(C)C)cc1. The monoisotopic (exact) mass is 400 g/mol. The average molecular weight is 401 g/mol. The summed E-state index contributed by atoms with van der Waals surface area (Å²) >= 11 is 7.26. The van der Waals surface area contributed by atoms with Crippen molar-refractivity contribution in [2.24, 2.45) is 0 Å². The zero-order chi connectivity index (χ0) is 20.1. The number of anilines is 1. The standard InChI is InChI=1S/C23H32N2S2/c1-7-23(6,8-2)20-19(10-9-15-24-20)25-21(26)27-16-17-11-13-18(14-12-17)22(3,4)5/h9-15H,7-8,16H2,1-6H3,(H,25,26). The topological polar surface area (TPSA) is 24.9 Å². The molecule has 0 saturated heterocycles. The van der Waals surface area contributed by atoms with Gasteiger partial charge in [0.15, 0.2) is 0 Å². The molecule has 1 aromatic heterocycles. The first-order valence-corrected chi connectivity index (χ1v) is 11.1. The molecule has 0 aliphatic carbocycles. The molecule has 0 bridgehead atoms. The van der Waals surface area contributed by atoms with Crippen LogP contribution >= 0.6 is 24.0 Å². The van der Waals surface area contributed by atoms with Crippen molar-refractivity contribution >= 4 is 34.0 Å². The Morgan fingerprint density at radius 2 is 1.67 bits per heavy atom. The lowest BCUT2D eigenvalue weighted by Crippen LogP contribution is -2.23. The summed E-state index contributed by atoms with van der Waals surface area (Å²) in [6.45, 7) is 13.4. The van der Waals surface area contributed by atoms with Crippen LogP contribution in [0, 0.1) is 0 Å². The lowest BCUT2D eigenvalue weighted by Gasteiger charge is -2.28. The number of benzene rings is 1. The summed E-state index contributed by atoms with van der Waals surface area (Å²) in [6.07, 6.45) is 3.97. The van der Waals surface area contributed by atoms with Crippen LogP contribution in [-0.4, -0.2) is 9.30 Å². The van der Waals surface area contributed by atoms with E-state index >= 15 is 0 Å². The van der Waals surface area contributed by atoms with Gasteiger partial charge in [-0.05, 0) is 41.5 Å². The van der Waals surface area contributed by atoms with Crippen LogP contribution in [0.3, 0.4) is 0 Å². The van der Waals surface area contributed by atoms with Crippen molar-refractivity contribution in [1.82, 2.24) is 4.98 Å². The highest BCUT2D eigenvalue weighted by Gasteiger charge is 2.27. The zero-order valence-corrected chi connectivity index (χ0v) is 19.1. The Kier molecular flexibility index (Phi) is 7.47. The number of nitrogens with zero attached hydrogens (tertiary/aromatic N) is 1. The van der Waals surface area contributed by atoms with Crippen LogP contribution < -0.4 is 5.32 Å². The Morgan fingerprint density at radius 1 is 1.04 bits per heavy atom. The second-order valence-electron chi connectivity index (χ2n) is 8.32. The van der Waals surface area contributed by atoms with Gasteiger partial charge in [0.25, 0.3) is 0 Å². The maximum Gasteiger partial charge on any atom is 0.138 e. The fourth-order valence-electron chi connectivity index (χ4n) is 2.97. The first-order valence-electron chi connectivity index (χ1n) is 9.68. The first kappa shape index (κ1) is 21.9. The van der Waals surface area contributed by atoms with Crippen LogP contribution in [0.25, 0.3) is 0 Å². The van der Waals surface area contributed by atoms with E-state index in [-0.39, 0.29) is 10.8 Å². The third kappa shape index (κ3) is 5.79. The second kappa shape index (κ2) is 9.20. The summed E-state index contributed by atoms with van der Waals surface area (Å²) in [4.78, 5) is 4.67. The van der Waals surface area contributed by atoms with Crippen molar-refractivity contribution < 1.29 is 0 Å². The van der Waals surface area contributed by atoms with Crippen molar-refractivity contribution in [2.45, 2.75) is 71.0 Å². The number of rotatable bonds is 6. The number of nitrogens with one attached hydrogen (secondary N) is 1. The van der Waals surface area contributed by atoms with Gasteiger partial charge in [-0.1, -0.05) is 89.8 Å². The number of thioether (sulfide) groups is 1. The molecule has 2 rings (SSSR count). The minimum Gasteiger partial charge on any atom is -0.340 e. The highest BCUT2D eigenvalue weighted by molar-refractivity contribution is 8.22. The molecule has 0 unspecified atom stereocenters. The van der Waals surface area contributed by atoms with Crippen molar-refractivity contribution in [3.05, 3.63) is 59.4 Å². The van der Waals surface area contributed by atoms with Gasteiger partial charge in [-0.25, -0.2) is 0 Å². The smallest absolute Gasteiger partial charge is 0.138 e. The van der Waals surface area contributed by atoms with E-state index in [0.29, 0.717) is 0 Å². The Hall–Kier alpha value is -1.39. The summed E-state index contributed by atoms with van der Waals surface area (Å²) < 4.78 is 0.790. The molecule has 0 aliphatic rings. The van der Waals surface area contributed by atoms with E-state index in [2.05, 4.69) is 82.2 Å². The highest BCUT2D eigenvalue weighted by Crippen LogP contribution is 2.34. The Bertz CT molecular complexity index is 757. The van der Waals surface area contributed by atoms with Crippen molar-refractivity contribution in [3.63, 3.8) is 0 Å². The van der Waals surface area contributed by atoms with Gasteiger partial charge in [-0.2, -0.15) is 0 Å². The Morgan fingerprint density at radius 3 is 2.22 bits per heavy atom. The van der Waals surface area contributed by atoms with Gasteiger partial charge in [-0.3, -0.25) is 4.98 Å². The Balaban J connectivity index is 2.03. The molecule has 2 aromatic rings. The zero-order valence-electron chi connectivity index (χ0n) is 17.4. The van der Waals surface area contributed by atoms with Gasteiger partial charge >= 0.3 is 0 Å². The minimum atomic E-state index is 0.0622. The molecule has 4 heteroatoms. The molecule has 0 saturated carbocycles. The first-order chi connectivity index (χ1) is 12.7. The molecular formula is C23H32N2S2. The Labute approximate surface area is 174 Å². The molecule has 0 fully saturated rings. The number of pyridine rings is 1. The lowest BCUT2D eigenvalue weighted by molar-refractivity contribution is 0.428. The van der Waals surface area contributed by atoms with E-state index in [9.17, 15) is 0 Å². The summed E-state index contributed by atoms with van der Waals surface area (Å²) in [5.41, 5.74) is 5.03. The molecule has 1 N–H and O–H groups in total. The molecule has 0 spiro atoms. The number of thiocarbonyl (C=S) groups is 1. The molecule has 0 radical (unpaired) electrons. The van der Waals surface area contributed by atoms with Crippen molar-refractivity contribution in [3.8, 4) is 0 Å². The van der Waals surface area contributed by atoms with Crippen LogP contribution in [0.15, 0.2) is 42.6 Å². The fourth-order valence-corrected chi connectivity index (χ4v) is 3.93. The molecular weight excluding hydrogens is 368 g/mol. The van der Waals surface area contributed by atoms with E-state index in [1.54, 1.807) is 11.8 Å². The van der Waals surface area contributed by atoms with Crippen LogP contribution in [0.5, 0.6) is 0 Å². The van der Waals surface area contributed by atoms with E-state index < -0.39 is 0 Å². The van der Waals surface area contributed by atoms with Gasteiger partial charge in [0.1, 0.15) is 4.32 Å². The second-order valence-corrected chi connectivity index (χ2v) is 9.97. The molecule has 2 nitrogen and oxygen atoms in total. The largest absolute Gasteiger partial charge is 0.340 e. The van der Waals surface area contributed by atoms with Crippen molar-refractivity contribution in [1.29, 1.82) is 0 Å². The van der Waals surface area contributed by atoms with Crippen molar-refractivity contribution in [2.75, 3.05) is 5.32 Å². The lowest BCUT2D eigenvalue weighted by atomic mass is 9.80. The quantitative estimate of drug-likeness (QED) is 0.523. The normalized spacial score (nSPS) is 12.1. The van der Waals surface area contributed by atoms with Crippen LogP contribution in [0.4, 0.5) is 5.69 Å². The maximum absolute atomic E-state index is 5.60. The molecule has 0 amide bonds. The van der Waals surface area contributed by atoms with Crippen LogP contribution in [0.1, 0.15) is 71.2 Å². The molecule has 146 valence electrons. The number of aromatic nitrogens is 1. The maximum atomic E-state index is 5.60. The molecule has 0 aliphatic heterocycles. The summed E-state index contributed by atoms with van der Waals surface area (Å²) in [5, 5.41) is 3.42. The van der Waals surface area contributed by atoms with Gasteiger partial charge < -0.3 is 5.32 Å². The summed E-state index contributed by atoms with van der Waals surface area (Å²) in [6, 6.07) is 12.9. The molecule has 1 aromatic carbocycles. The van der Waals surface area contributed by atoms with Gasteiger partial charge in [0.05, 0.1) is 11.4 Å². The molecule has 0 atom stereocenters. The third-order valence-corrected chi connectivity index (χ3v) is 6.66. The summed E-state index contributed by atoms with van der Waals surface area (Å²) in [7, 11) is 0. The van der Waals surface area contributed by atoms with E-state index in [4.69, 9.17) is 12.2 Å². The van der Waals surface area contributed by atoms with E-state index in [1.807, 2.05) is 12.3 Å².